The van der Waals surface area contributed by atoms with Gasteiger partial charge in [-0.25, -0.2) is 0 Å². The zero-order chi connectivity index (χ0) is 13.3. The van der Waals surface area contributed by atoms with E-state index in [1.807, 2.05) is 0 Å². The van der Waals surface area contributed by atoms with Gasteiger partial charge in [0.1, 0.15) is 0 Å². The van der Waals surface area contributed by atoms with E-state index in [1.165, 1.54) is 0 Å². The summed E-state index contributed by atoms with van der Waals surface area (Å²) < 4.78 is 12.7. The van der Waals surface area contributed by atoms with Crippen molar-refractivity contribution in [3.63, 3.8) is 0 Å². The smallest absolute Gasteiger partial charge is 0.0879 e. The molecule has 0 heterocycles. The van der Waals surface area contributed by atoms with Crippen molar-refractivity contribution in [3.8, 4) is 0 Å². The highest BCUT2D eigenvalue weighted by Gasteiger charge is 2.22. The standard InChI is InChI=1S/C13H29O3P/c1-4-5-6-9-17(16,10-7-12(2)14)11-8-13(3)15/h12-15H,4-11H2,1-3H3. The molecule has 0 amide bonds. The first-order valence-electron chi connectivity index (χ1n) is 6.83. The predicted molar refractivity (Wildman–Crippen MR) is 74.3 cm³/mol. The van der Waals surface area contributed by atoms with Gasteiger partial charge in [-0.05, 0) is 33.1 Å². The van der Waals surface area contributed by atoms with Crippen LogP contribution in [0.5, 0.6) is 0 Å². The molecular formula is C13H29O3P. The third kappa shape index (κ3) is 9.82. The van der Waals surface area contributed by atoms with Gasteiger partial charge in [-0.15, -0.1) is 0 Å². The van der Waals surface area contributed by atoms with Crippen molar-refractivity contribution in [2.45, 2.75) is 65.1 Å². The molecule has 0 rings (SSSR count). The first kappa shape index (κ1) is 17.2. The molecule has 2 atom stereocenters. The average Bonchev–Trinajstić information content (AvgIpc) is 2.24. The van der Waals surface area contributed by atoms with Crippen molar-refractivity contribution >= 4 is 7.14 Å². The van der Waals surface area contributed by atoms with Crippen molar-refractivity contribution in [1.82, 2.24) is 0 Å². The second kappa shape index (κ2) is 9.13. The molecule has 0 radical (unpaired) electrons. The Hall–Kier alpha value is 0.150. The van der Waals surface area contributed by atoms with Gasteiger partial charge in [0.2, 0.25) is 0 Å². The van der Waals surface area contributed by atoms with Gasteiger partial charge >= 0.3 is 0 Å². The van der Waals surface area contributed by atoms with Crippen molar-refractivity contribution in [3.05, 3.63) is 0 Å². The Morgan fingerprint density at radius 1 is 0.941 bits per heavy atom. The second-order valence-corrected chi connectivity index (χ2v) is 8.67. The fraction of sp³-hybridized carbons (Fsp3) is 1.00. The van der Waals surface area contributed by atoms with Crippen molar-refractivity contribution in [2.75, 3.05) is 18.5 Å². The maximum absolute atomic E-state index is 12.7. The molecule has 17 heavy (non-hydrogen) atoms. The SMILES string of the molecule is CCCCCP(=O)(CCC(C)O)CCC(C)O. The minimum Gasteiger partial charge on any atom is -0.393 e. The Morgan fingerprint density at radius 2 is 1.41 bits per heavy atom. The zero-order valence-electron chi connectivity index (χ0n) is 11.6. The van der Waals surface area contributed by atoms with E-state index in [9.17, 15) is 14.8 Å². The maximum atomic E-state index is 12.7. The summed E-state index contributed by atoms with van der Waals surface area (Å²) in [4.78, 5) is 0. The molecule has 3 nitrogen and oxygen atoms in total. The lowest BCUT2D eigenvalue weighted by atomic mass is 10.3. The highest BCUT2D eigenvalue weighted by Crippen LogP contribution is 2.48. The molecule has 0 spiro atoms. The Bertz CT molecular complexity index is 211. The molecule has 0 aliphatic rings. The minimum absolute atomic E-state index is 0.374. The Balaban J connectivity index is 4.19. The lowest BCUT2D eigenvalue weighted by Crippen LogP contribution is -2.10. The van der Waals surface area contributed by atoms with E-state index in [-0.39, 0.29) is 12.2 Å². The van der Waals surface area contributed by atoms with Crippen LogP contribution in [0.25, 0.3) is 0 Å². The van der Waals surface area contributed by atoms with E-state index in [0.29, 0.717) is 25.2 Å². The van der Waals surface area contributed by atoms with Gasteiger partial charge in [-0.2, -0.15) is 0 Å². The van der Waals surface area contributed by atoms with Gasteiger partial charge in [0.05, 0.1) is 19.3 Å². The van der Waals surface area contributed by atoms with E-state index in [4.69, 9.17) is 0 Å². The quantitative estimate of drug-likeness (QED) is 0.471. The van der Waals surface area contributed by atoms with Gasteiger partial charge in [-0.1, -0.05) is 19.8 Å². The molecule has 2 N–H and O–H groups in total. The highest BCUT2D eigenvalue weighted by atomic mass is 31.2. The molecule has 0 aromatic heterocycles. The van der Waals surface area contributed by atoms with Crippen LogP contribution in [0.15, 0.2) is 0 Å². The van der Waals surface area contributed by atoms with Crippen LogP contribution in [-0.4, -0.2) is 40.9 Å². The zero-order valence-corrected chi connectivity index (χ0v) is 12.5. The largest absolute Gasteiger partial charge is 0.393 e. The summed E-state index contributed by atoms with van der Waals surface area (Å²) in [5, 5.41) is 18.6. The summed E-state index contributed by atoms with van der Waals surface area (Å²) in [5.74, 6) is 0. The molecule has 4 heteroatoms. The van der Waals surface area contributed by atoms with E-state index >= 15 is 0 Å². The number of aliphatic hydroxyl groups is 2. The van der Waals surface area contributed by atoms with Crippen LogP contribution in [0.1, 0.15) is 52.9 Å². The lowest BCUT2D eigenvalue weighted by Gasteiger charge is -2.20. The molecule has 2 unspecified atom stereocenters. The van der Waals surface area contributed by atoms with Crippen LogP contribution in [0.2, 0.25) is 0 Å². The van der Waals surface area contributed by atoms with Crippen molar-refractivity contribution in [1.29, 1.82) is 0 Å². The number of unbranched alkanes of at least 4 members (excludes halogenated alkanes) is 2. The fourth-order valence-electron chi connectivity index (χ4n) is 1.83. The average molecular weight is 264 g/mol. The summed E-state index contributed by atoms with van der Waals surface area (Å²) in [5.41, 5.74) is 0. The van der Waals surface area contributed by atoms with Gasteiger partial charge < -0.3 is 14.8 Å². The lowest BCUT2D eigenvalue weighted by molar-refractivity contribution is 0.189. The Labute approximate surface area is 106 Å². The molecule has 0 aromatic rings. The predicted octanol–water partition coefficient (Wildman–Crippen LogP) is 3.08. The first-order valence-corrected chi connectivity index (χ1v) is 9.09. The van der Waals surface area contributed by atoms with Crippen LogP contribution < -0.4 is 0 Å². The van der Waals surface area contributed by atoms with E-state index in [2.05, 4.69) is 6.92 Å². The maximum Gasteiger partial charge on any atom is 0.0879 e. The van der Waals surface area contributed by atoms with Gasteiger partial charge in [0.15, 0.2) is 0 Å². The van der Waals surface area contributed by atoms with Crippen LogP contribution in [0.3, 0.4) is 0 Å². The third-order valence-corrected chi connectivity index (χ3v) is 6.36. The van der Waals surface area contributed by atoms with Crippen molar-refractivity contribution in [2.24, 2.45) is 0 Å². The minimum atomic E-state index is -2.18. The molecule has 0 aliphatic heterocycles. The van der Waals surface area contributed by atoms with Gasteiger partial charge in [0, 0.05) is 18.5 Å². The topological polar surface area (TPSA) is 57.5 Å². The molecule has 0 aliphatic carbocycles. The summed E-state index contributed by atoms with van der Waals surface area (Å²) in [6.07, 6.45) is 5.77. The summed E-state index contributed by atoms with van der Waals surface area (Å²) >= 11 is 0. The third-order valence-electron chi connectivity index (χ3n) is 3.08. The number of aliphatic hydroxyl groups excluding tert-OH is 2. The first-order chi connectivity index (χ1) is 7.89. The van der Waals surface area contributed by atoms with Gasteiger partial charge in [0.25, 0.3) is 0 Å². The Morgan fingerprint density at radius 3 is 1.76 bits per heavy atom. The molecule has 0 saturated heterocycles. The second-order valence-electron chi connectivity index (χ2n) is 5.21. The molecule has 0 fully saturated rings. The van der Waals surface area contributed by atoms with Crippen LogP contribution in [0, 0.1) is 0 Å². The molecular weight excluding hydrogens is 235 g/mol. The van der Waals surface area contributed by atoms with Crippen LogP contribution >= 0.6 is 7.14 Å². The highest BCUT2D eigenvalue weighted by molar-refractivity contribution is 7.63. The number of rotatable bonds is 10. The summed E-state index contributed by atoms with van der Waals surface area (Å²) in [6.45, 7) is 5.62. The van der Waals surface area contributed by atoms with Gasteiger partial charge in [-0.3, -0.25) is 0 Å². The van der Waals surface area contributed by atoms with E-state index < -0.39 is 7.14 Å². The van der Waals surface area contributed by atoms with E-state index in [0.717, 1.165) is 25.4 Å². The fourth-order valence-corrected chi connectivity index (χ4v) is 4.99. The number of hydrogen-bond donors (Lipinski definition) is 2. The summed E-state index contributed by atoms with van der Waals surface area (Å²) in [6, 6.07) is 0. The van der Waals surface area contributed by atoms with Crippen LogP contribution in [0.4, 0.5) is 0 Å². The molecule has 0 bridgehead atoms. The molecule has 0 saturated carbocycles. The molecule has 0 aromatic carbocycles. The van der Waals surface area contributed by atoms with Crippen LogP contribution in [-0.2, 0) is 4.57 Å². The normalized spacial score (nSPS) is 18.6. The Kier molecular flexibility index (Phi) is 9.21. The van der Waals surface area contributed by atoms with E-state index in [1.54, 1.807) is 13.8 Å². The summed E-state index contributed by atoms with van der Waals surface area (Å²) in [7, 11) is -2.18. The monoisotopic (exact) mass is 264 g/mol. The number of hydrogen-bond acceptors (Lipinski definition) is 3. The van der Waals surface area contributed by atoms with Crippen molar-refractivity contribution < 1.29 is 14.8 Å². The molecule has 104 valence electrons.